The van der Waals surface area contributed by atoms with Gasteiger partial charge in [0.1, 0.15) is 22.3 Å². The largest absolute Gasteiger partial charge is 0.497 e. The standard InChI is InChI=1S/C17H28N2O4S/c1-12-10-14(22-7)11-13(2)15(12)24(21)19(6)9-8-18-16(20)23-17(3,4)5/h10-11H,8-9H2,1-7H3,(H,18,20). The molecule has 1 amide bonds. The molecular weight excluding hydrogens is 328 g/mol. The SMILES string of the molecule is COc1cc(C)c(S(=O)N(C)CCNC(=O)OC(C)(C)C)c(C)c1. The highest BCUT2D eigenvalue weighted by Crippen LogP contribution is 2.25. The molecule has 1 aromatic rings. The first kappa shape index (κ1) is 20.4. The first-order chi connectivity index (χ1) is 11.0. The minimum Gasteiger partial charge on any atom is -0.497 e. The van der Waals surface area contributed by atoms with Crippen LogP contribution in [-0.2, 0) is 15.7 Å². The number of nitrogens with one attached hydrogen (secondary N) is 1. The van der Waals surface area contributed by atoms with Gasteiger partial charge in [0, 0.05) is 20.1 Å². The maximum Gasteiger partial charge on any atom is 0.407 e. The molecule has 0 aliphatic rings. The summed E-state index contributed by atoms with van der Waals surface area (Å²) in [7, 11) is 2.06. The highest BCUT2D eigenvalue weighted by Gasteiger charge is 2.18. The van der Waals surface area contributed by atoms with E-state index < -0.39 is 22.7 Å². The maximum absolute atomic E-state index is 12.7. The minimum atomic E-state index is -1.31. The van der Waals surface area contributed by atoms with Gasteiger partial charge in [-0.2, -0.15) is 0 Å². The number of benzene rings is 1. The van der Waals surface area contributed by atoms with E-state index in [0.29, 0.717) is 13.1 Å². The van der Waals surface area contributed by atoms with Crippen LogP contribution < -0.4 is 10.1 Å². The molecular formula is C17H28N2O4S. The molecule has 1 unspecified atom stereocenters. The lowest BCUT2D eigenvalue weighted by molar-refractivity contribution is 0.0526. The predicted octanol–water partition coefficient (Wildman–Crippen LogP) is 2.79. The van der Waals surface area contributed by atoms with Crippen molar-refractivity contribution in [2.75, 3.05) is 27.2 Å². The Balaban J connectivity index is 2.65. The average molecular weight is 356 g/mol. The molecule has 136 valence electrons. The van der Waals surface area contributed by atoms with Gasteiger partial charge < -0.3 is 14.8 Å². The maximum atomic E-state index is 12.7. The van der Waals surface area contributed by atoms with Crippen LogP contribution in [-0.4, -0.2) is 47.5 Å². The molecule has 24 heavy (non-hydrogen) atoms. The molecule has 1 atom stereocenters. The van der Waals surface area contributed by atoms with Crippen molar-refractivity contribution in [2.24, 2.45) is 0 Å². The van der Waals surface area contributed by atoms with E-state index in [4.69, 9.17) is 9.47 Å². The number of carbonyl (C=O) groups is 1. The molecule has 0 fully saturated rings. The zero-order valence-electron chi connectivity index (χ0n) is 15.6. The summed E-state index contributed by atoms with van der Waals surface area (Å²) >= 11 is 0. The van der Waals surface area contributed by atoms with Crippen molar-refractivity contribution in [3.8, 4) is 5.75 Å². The molecule has 1 aromatic carbocycles. The second kappa shape index (κ2) is 8.48. The van der Waals surface area contributed by atoms with Gasteiger partial charge in [-0.1, -0.05) is 0 Å². The highest BCUT2D eigenvalue weighted by molar-refractivity contribution is 7.82. The lowest BCUT2D eigenvalue weighted by atomic mass is 10.1. The van der Waals surface area contributed by atoms with Gasteiger partial charge in [0.15, 0.2) is 0 Å². The van der Waals surface area contributed by atoms with Crippen molar-refractivity contribution >= 4 is 17.1 Å². The Labute approximate surface area is 147 Å². The molecule has 0 spiro atoms. The molecule has 0 radical (unpaired) electrons. The fraction of sp³-hybridized carbons (Fsp3) is 0.588. The van der Waals surface area contributed by atoms with Crippen LogP contribution in [0.4, 0.5) is 4.79 Å². The van der Waals surface area contributed by atoms with E-state index in [2.05, 4.69) is 5.32 Å². The van der Waals surface area contributed by atoms with Gasteiger partial charge in [0.2, 0.25) is 0 Å². The molecule has 0 aromatic heterocycles. The average Bonchev–Trinajstić information content (AvgIpc) is 2.44. The molecule has 0 saturated carbocycles. The molecule has 0 bridgehead atoms. The van der Waals surface area contributed by atoms with Crippen LogP contribution in [0, 0.1) is 13.8 Å². The normalized spacial score (nSPS) is 12.8. The van der Waals surface area contributed by atoms with E-state index in [0.717, 1.165) is 21.8 Å². The summed E-state index contributed by atoms with van der Waals surface area (Å²) in [5.74, 6) is 0.750. The molecule has 6 nitrogen and oxygen atoms in total. The van der Waals surface area contributed by atoms with E-state index in [1.807, 2.05) is 46.8 Å². The number of carbonyl (C=O) groups excluding carboxylic acids is 1. The first-order valence-electron chi connectivity index (χ1n) is 7.80. The van der Waals surface area contributed by atoms with Crippen molar-refractivity contribution in [2.45, 2.75) is 45.1 Å². The van der Waals surface area contributed by atoms with Crippen LogP contribution in [0.2, 0.25) is 0 Å². The topological polar surface area (TPSA) is 67.9 Å². The fourth-order valence-corrected chi connectivity index (χ4v) is 3.41. The summed E-state index contributed by atoms with van der Waals surface area (Å²) < 4.78 is 24.8. The van der Waals surface area contributed by atoms with Gasteiger partial charge >= 0.3 is 6.09 Å². The third-order valence-corrected chi connectivity index (χ3v) is 4.96. The number of rotatable bonds is 6. The number of methoxy groups -OCH3 is 1. The zero-order valence-corrected chi connectivity index (χ0v) is 16.4. The lowest BCUT2D eigenvalue weighted by Crippen LogP contribution is -2.37. The van der Waals surface area contributed by atoms with Crippen molar-refractivity contribution in [3.63, 3.8) is 0 Å². The van der Waals surface area contributed by atoms with Crippen molar-refractivity contribution in [1.82, 2.24) is 9.62 Å². The first-order valence-corrected chi connectivity index (χ1v) is 8.91. The van der Waals surface area contributed by atoms with Gasteiger partial charge in [-0.15, -0.1) is 0 Å². The molecule has 1 N–H and O–H groups in total. The second-order valence-electron chi connectivity index (χ2n) is 6.62. The van der Waals surface area contributed by atoms with Gasteiger partial charge in [0.05, 0.1) is 12.0 Å². The van der Waals surface area contributed by atoms with E-state index in [1.54, 1.807) is 18.5 Å². The number of ether oxygens (including phenoxy) is 2. The number of hydrogen-bond acceptors (Lipinski definition) is 4. The minimum absolute atomic E-state index is 0.353. The Kier molecular flexibility index (Phi) is 7.23. The number of alkyl carbamates (subject to hydrolysis) is 1. The smallest absolute Gasteiger partial charge is 0.407 e. The quantitative estimate of drug-likeness (QED) is 0.851. The Morgan fingerprint density at radius 1 is 1.25 bits per heavy atom. The molecule has 0 saturated heterocycles. The van der Waals surface area contributed by atoms with E-state index >= 15 is 0 Å². The third kappa shape index (κ3) is 6.13. The summed E-state index contributed by atoms with van der Waals surface area (Å²) in [5.41, 5.74) is 1.30. The number of aryl methyl sites for hydroxylation is 2. The predicted molar refractivity (Wildman–Crippen MR) is 95.7 cm³/mol. The summed E-state index contributed by atoms with van der Waals surface area (Å²) in [6.45, 7) is 10.0. The van der Waals surface area contributed by atoms with Crippen LogP contribution in [0.5, 0.6) is 5.75 Å². The Morgan fingerprint density at radius 2 is 1.79 bits per heavy atom. The van der Waals surface area contributed by atoms with Gasteiger partial charge in [-0.25, -0.2) is 13.3 Å². The Bertz CT molecular complexity index is 588. The lowest BCUT2D eigenvalue weighted by Gasteiger charge is -2.21. The van der Waals surface area contributed by atoms with Gasteiger partial charge in [0.25, 0.3) is 0 Å². The van der Waals surface area contributed by atoms with E-state index in [1.165, 1.54) is 0 Å². The second-order valence-corrected chi connectivity index (χ2v) is 8.15. The van der Waals surface area contributed by atoms with Crippen LogP contribution in [0.25, 0.3) is 0 Å². The number of likely N-dealkylation sites (N-methyl/N-ethyl adjacent to an activating group) is 1. The molecule has 0 heterocycles. The van der Waals surface area contributed by atoms with Crippen molar-refractivity contribution < 1.29 is 18.5 Å². The number of hydrogen-bond donors (Lipinski definition) is 1. The summed E-state index contributed by atoms with van der Waals surface area (Å²) in [6.07, 6.45) is -0.474. The fourth-order valence-electron chi connectivity index (χ4n) is 2.17. The summed E-state index contributed by atoms with van der Waals surface area (Å²) in [5, 5.41) is 2.67. The van der Waals surface area contributed by atoms with Crippen LogP contribution in [0.3, 0.4) is 0 Å². The van der Waals surface area contributed by atoms with E-state index in [-0.39, 0.29) is 0 Å². The van der Waals surface area contributed by atoms with Crippen LogP contribution >= 0.6 is 0 Å². The van der Waals surface area contributed by atoms with Crippen molar-refractivity contribution in [3.05, 3.63) is 23.3 Å². The summed E-state index contributed by atoms with van der Waals surface area (Å²) in [6, 6.07) is 3.74. The molecule has 0 aliphatic carbocycles. The molecule has 1 rings (SSSR count). The Morgan fingerprint density at radius 3 is 2.25 bits per heavy atom. The molecule has 7 heteroatoms. The van der Waals surface area contributed by atoms with Gasteiger partial charge in [-0.3, -0.25) is 0 Å². The monoisotopic (exact) mass is 356 g/mol. The zero-order chi connectivity index (χ0) is 18.5. The van der Waals surface area contributed by atoms with Crippen LogP contribution in [0.1, 0.15) is 31.9 Å². The van der Waals surface area contributed by atoms with Gasteiger partial charge in [-0.05, 0) is 57.9 Å². The summed E-state index contributed by atoms with van der Waals surface area (Å²) in [4.78, 5) is 12.4. The van der Waals surface area contributed by atoms with Crippen molar-refractivity contribution in [1.29, 1.82) is 0 Å². The highest BCUT2D eigenvalue weighted by atomic mass is 32.2. The number of amides is 1. The molecule has 0 aliphatic heterocycles. The third-order valence-electron chi connectivity index (χ3n) is 3.22. The Hall–Kier alpha value is -1.60. The van der Waals surface area contributed by atoms with Crippen LogP contribution in [0.15, 0.2) is 17.0 Å². The number of nitrogens with zero attached hydrogens (tertiary/aromatic N) is 1. The van der Waals surface area contributed by atoms with E-state index in [9.17, 15) is 9.00 Å².